The summed E-state index contributed by atoms with van der Waals surface area (Å²) in [5, 5.41) is 0.0754. The molecular weight excluding hydrogens is 395 g/mol. The molecule has 0 aromatic heterocycles. The van der Waals surface area contributed by atoms with Gasteiger partial charge in [-0.2, -0.15) is 12.7 Å². The number of halogens is 2. The number of nitrogens with one attached hydrogen (secondary N) is 1. The first-order chi connectivity index (χ1) is 12.8. The van der Waals surface area contributed by atoms with E-state index < -0.39 is 27.5 Å². The van der Waals surface area contributed by atoms with E-state index in [9.17, 15) is 17.6 Å². The van der Waals surface area contributed by atoms with Crippen LogP contribution < -0.4 is 9.46 Å². The summed E-state index contributed by atoms with van der Waals surface area (Å²) in [6.45, 7) is 2.55. The molecule has 0 bridgehead atoms. The largest absolute Gasteiger partial charge is 0.492 e. The minimum Gasteiger partial charge on any atom is -0.492 e. The van der Waals surface area contributed by atoms with Gasteiger partial charge in [-0.05, 0) is 44.6 Å². The van der Waals surface area contributed by atoms with Crippen LogP contribution in [0.2, 0.25) is 5.02 Å². The van der Waals surface area contributed by atoms with Crippen molar-refractivity contribution in [2.24, 2.45) is 5.92 Å². The predicted octanol–water partition coefficient (Wildman–Crippen LogP) is 3.51. The van der Waals surface area contributed by atoms with Crippen LogP contribution in [0, 0.1) is 11.7 Å². The van der Waals surface area contributed by atoms with Gasteiger partial charge in [-0.25, -0.2) is 9.11 Å². The highest BCUT2D eigenvalue weighted by atomic mass is 35.5. The third kappa shape index (κ3) is 4.73. The second-order valence-electron chi connectivity index (χ2n) is 7.26. The second kappa shape index (κ2) is 8.32. The van der Waals surface area contributed by atoms with Crippen LogP contribution in [0.4, 0.5) is 4.39 Å². The molecule has 1 saturated carbocycles. The molecule has 1 N–H and O–H groups in total. The number of rotatable bonds is 6. The third-order valence-electron chi connectivity index (χ3n) is 5.24. The number of hydrogen-bond acceptors (Lipinski definition) is 4. The Kier molecular flexibility index (Phi) is 6.28. The number of benzene rings is 1. The lowest BCUT2D eigenvalue weighted by Gasteiger charge is -2.21. The van der Waals surface area contributed by atoms with Crippen LogP contribution in [-0.4, -0.2) is 37.8 Å². The SMILES string of the molecule is C[C@@H]1CCCN1S(=O)(=O)NC(=O)c1cc(Cl)c(OCC2CCCC2)cc1F. The molecule has 1 atom stereocenters. The van der Waals surface area contributed by atoms with Crippen molar-refractivity contribution in [3.8, 4) is 5.75 Å². The van der Waals surface area contributed by atoms with E-state index in [0.717, 1.165) is 37.8 Å². The quantitative estimate of drug-likeness (QED) is 0.767. The zero-order valence-electron chi connectivity index (χ0n) is 15.2. The molecule has 1 aliphatic heterocycles. The van der Waals surface area contributed by atoms with Gasteiger partial charge in [0, 0.05) is 18.7 Å². The predicted molar refractivity (Wildman–Crippen MR) is 101 cm³/mol. The topological polar surface area (TPSA) is 75.7 Å². The molecule has 27 heavy (non-hydrogen) atoms. The van der Waals surface area contributed by atoms with E-state index in [1.807, 2.05) is 4.72 Å². The minimum atomic E-state index is -4.02. The molecule has 1 heterocycles. The van der Waals surface area contributed by atoms with Crippen molar-refractivity contribution < 1.29 is 22.3 Å². The maximum atomic E-state index is 14.4. The number of ether oxygens (including phenoxy) is 1. The second-order valence-corrected chi connectivity index (χ2v) is 9.29. The Morgan fingerprint density at radius 3 is 2.63 bits per heavy atom. The zero-order valence-corrected chi connectivity index (χ0v) is 16.8. The monoisotopic (exact) mass is 418 g/mol. The summed E-state index contributed by atoms with van der Waals surface area (Å²) >= 11 is 6.12. The average Bonchev–Trinajstić information content (AvgIpc) is 3.26. The van der Waals surface area contributed by atoms with Crippen LogP contribution in [0.5, 0.6) is 5.75 Å². The van der Waals surface area contributed by atoms with Gasteiger partial charge in [-0.15, -0.1) is 0 Å². The lowest BCUT2D eigenvalue weighted by molar-refractivity contribution is 0.0975. The highest BCUT2D eigenvalue weighted by molar-refractivity contribution is 7.87. The number of carbonyl (C=O) groups excluding carboxylic acids is 1. The van der Waals surface area contributed by atoms with Crippen LogP contribution in [-0.2, 0) is 10.2 Å². The molecule has 2 aliphatic rings. The van der Waals surface area contributed by atoms with Crippen molar-refractivity contribution in [2.75, 3.05) is 13.2 Å². The number of carbonyl (C=O) groups is 1. The molecule has 1 saturated heterocycles. The van der Waals surface area contributed by atoms with Crippen molar-refractivity contribution in [3.63, 3.8) is 0 Å². The van der Waals surface area contributed by atoms with E-state index in [0.29, 0.717) is 19.1 Å². The fourth-order valence-corrected chi connectivity index (χ4v) is 5.32. The van der Waals surface area contributed by atoms with E-state index in [2.05, 4.69) is 0 Å². The highest BCUT2D eigenvalue weighted by Gasteiger charge is 2.33. The van der Waals surface area contributed by atoms with Gasteiger partial charge in [0.05, 0.1) is 17.2 Å². The van der Waals surface area contributed by atoms with E-state index in [1.54, 1.807) is 6.92 Å². The Hall–Kier alpha value is -1.38. The summed E-state index contributed by atoms with van der Waals surface area (Å²) in [6, 6.07) is 1.95. The summed E-state index contributed by atoms with van der Waals surface area (Å²) in [5.41, 5.74) is -0.427. The van der Waals surface area contributed by atoms with Crippen molar-refractivity contribution in [3.05, 3.63) is 28.5 Å². The first-order valence-corrected chi connectivity index (χ1v) is 11.1. The molecule has 3 rings (SSSR count). The molecule has 2 fully saturated rings. The van der Waals surface area contributed by atoms with Gasteiger partial charge < -0.3 is 4.74 Å². The first kappa shape index (κ1) is 20.4. The summed E-state index contributed by atoms with van der Waals surface area (Å²) in [6.07, 6.45) is 5.94. The number of nitrogens with zero attached hydrogens (tertiary/aromatic N) is 1. The summed E-state index contributed by atoms with van der Waals surface area (Å²) < 4.78 is 47.9. The van der Waals surface area contributed by atoms with E-state index >= 15 is 0 Å². The third-order valence-corrected chi connectivity index (χ3v) is 7.14. The Labute approximate surface area is 164 Å². The fraction of sp³-hybridized carbons (Fsp3) is 0.611. The Morgan fingerprint density at radius 1 is 1.30 bits per heavy atom. The molecule has 0 unspecified atom stereocenters. The van der Waals surface area contributed by atoms with Gasteiger partial charge in [0.2, 0.25) is 0 Å². The van der Waals surface area contributed by atoms with E-state index in [-0.39, 0.29) is 16.8 Å². The lowest BCUT2D eigenvalue weighted by Crippen LogP contribution is -2.45. The molecule has 0 spiro atoms. The zero-order chi connectivity index (χ0) is 19.6. The first-order valence-electron chi connectivity index (χ1n) is 9.23. The number of amides is 1. The fourth-order valence-electron chi connectivity index (χ4n) is 3.69. The van der Waals surface area contributed by atoms with Crippen molar-refractivity contribution in [1.82, 2.24) is 9.03 Å². The molecule has 1 aromatic carbocycles. The summed E-state index contributed by atoms with van der Waals surface area (Å²) in [7, 11) is -4.02. The van der Waals surface area contributed by atoms with Crippen LogP contribution in [0.1, 0.15) is 55.8 Å². The van der Waals surface area contributed by atoms with Crippen LogP contribution >= 0.6 is 11.6 Å². The van der Waals surface area contributed by atoms with E-state index in [1.165, 1.54) is 17.1 Å². The van der Waals surface area contributed by atoms with Crippen molar-refractivity contribution in [1.29, 1.82) is 0 Å². The van der Waals surface area contributed by atoms with Crippen LogP contribution in [0.15, 0.2) is 12.1 Å². The van der Waals surface area contributed by atoms with Crippen molar-refractivity contribution in [2.45, 2.75) is 51.5 Å². The van der Waals surface area contributed by atoms with Crippen LogP contribution in [0.3, 0.4) is 0 Å². The van der Waals surface area contributed by atoms with Gasteiger partial charge in [-0.3, -0.25) is 4.79 Å². The Morgan fingerprint density at radius 2 is 2.00 bits per heavy atom. The summed E-state index contributed by atoms with van der Waals surface area (Å²) in [4.78, 5) is 12.3. The lowest BCUT2D eigenvalue weighted by atomic mass is 10.1. The van der Waals surface area contributed by atoms with E-state index in [4.69, 9.17) is 16.3 Å². The van der Waals surface area contributed by atoms with Gasteiger partial charge >= 0.3 is 10.2 Å². The molecule has 9 heteroatoms. The maximum Gasteiger partial charge on any atom is 0.304 e. The molecule has 6 nitrogen and oxygen atoms in total. The average molecular weight is 419 g/mol. The molecule has 1 aromatic rings. The van der Waals surface area contributed by atoms with Gasteiger partial charge in [-0.1, -0.05) is 24.4 Å². The van der Waals surface area contributed by atoms with Gasteiger partial charge in [0.25, 0.3) is 5.91 Å². The number of hydrogen-bond donors (Lipinski definition) is 1. The molecule has 1 amide bonds. The van der Waals surface area contributed by atoms with Gasteiger partial charge in [0.15, 0.2) is 0 Å². The molecule has 150 valence electrons. The molecule has 1 aliphatic carbocycles. The smallest absolute Gasteiger partial charge is 0.304 e. The standard InChI is InChI=1S/C18H24ClFN2O4S/c1-12-5-4-8-22(12)27(24,25)21-18(23)14-9-15(19)17(10-16(14)20)26-11-13-6-2-3-7-13/h9-10,12-13H,2-8,11H2,1H3,(H,21,23)/t12-/m1/s1. The normalized spacial score (nSPS) is 21.5. The summed E-state index contributed by atoms with van der Waals surface area (Å²) in [5.74, 6) is -1.33. The Bertz CT molecular complexity index is 812. The van der Waals surface area contributed by atoms with Crippen LogP contribution in [0.25, 0.3) is 0 Å². The minimum absolute atomic E-state index is 0.0754. The molecular formula is C18H24ClFN2O4S. The maximum absolute atomic E-state index is 14.4. The van der Waals surface area contributed by atoms with Gasteiger partial charge in [0.1, 0.15) is 11.6 Å². The Balaban J connectivity index is 1.70. The molecule has 0 radical (unpaired) electrons. The van der Waals surface area contributed by atoms with Crippen molar-refractivity contribution >= 4 is 27.7 Å². The highest BCUT2D eigenvalue weighted by Crippen LogP contribution is 2.31.